The molecule has 4 nitrogen and oxygen atoms in total. The molecule has 21 heavy (non-hydrogen) atoms. The van der Waals surface area contributed by atoms with E-state index in [9.17, 15) is 5.11 Å². The molecule has 110 valence electrons. The zero-order valence-electron chi connectivity index (χ0n) is 11.7. The van der Waals surface area contributed by atoms with Crippen LogP contribution in [0, 0.1) is 11.3 Å². The van der Waals surface area contributed by atoms with Gasteiger partial charge in [-0.3, -0.25) is 0 Å². The third kappa shape index (κ3) is 5.56. The molecular formula is C16H18N2O2S. The van der Waals surface area contributed by atoms with Crippen LogP contribution < -0.4 is 10.1 Å². The molecule has 1 aromatic heterocycles. The number of hydrogen-bond acceptors (Lipinski definition) is 5. The van der Waals surface area contributed by atoms with Gasteiger partial charge in [-0.15, -0.1) is 11.3 Å². The maximum absolute atomic E-state index is 9.84. The first-order chi connectivity index (χ1) is 10.3. The summed E-state index contributed by atoms with van der Waals surface area (Å²) in [7, 11) is 0. The Morgan fingerprint density at radius 1 is 1.33 bits per heavy atom. The van der Waals surface area contributed by atoms with Gasteiger partial charge in [0.05, 0.1) is 11.6 Å². The van der Waals surface area contributed by atoms with Gasteiger partial charge in [0.1, 0.15) is 18.5 Å². The number of nitrogens with one attached hydrogen (secondary N) is 1. The Labute approximate surface area is 128 Å². The second kappa shape index (κ2) is 8.42. The lowest BCUT2D eigenvalue weighted by molar-refractivity contribution is 0.106. The van der Waals surface area contributed by atoms with E-state index in [1.54, 1.807) is 35.6 Å². The van der Waals surface area contributed by atoms with Crippen LogP contribution in [0.2, 0.25) is 0 Å². The first kappa shape index (κ1) is 15.5. The molecule has 1 unspecified atom stereocenters. The molecular weight excluding hydrogens is 284 g/mol. The topological polar surface area (TPSA) is 65.3 Å². The number of benzene rings is 1. The summed E-state index contributed by atoms with van der Waals surface area (Å²) in [5.41, 5.74) is 0.552. The van der Waals surface area contributed by atoms with Crippen molar-refractivity contribution >= 4 is 11.3 Å². The zero-order valence-corrected chi connectivity index (χ0v) is 12.5. The van der Waals surface area contributed by atoms with Crippen molar-refractivity contribution in [3.63, 3.8) is 0 Å². The van der Waals surface area contributed by atoms with Crippen molar-refractivity contribution in [3.05, 3.63) is 52.2 Å². The van der Waals surface area contributed by atoms with E-state index in [0.29, 0.717) is 17.9 Å². The predicted octanol–water partition coefficient (Wildman–Crippen LogP) is 2.19. The van der Waals surface area contributed by atoms with Crippen LogP contribution >= 0.6 is 11.3 Å². The first-order valence-corrected chi connectivity index (χ1v) is 7.70. The fourth-order valence-corrected chi connectivity index (χ4v) is 2.55. The van der Waals surface area contributed by atoms with Crippen LogP contribution in [0.5, 0.6) is 5.75 Å². The summed E-state index contributed by atoms with van der Waals surface area (Å²) in [5, 5.41) is 23.9. The minimum atomic E-state index is -0.570. The van der Waals surface area contributed by atoms with Gasteiger partial charge in [-0.05, 0) is 36.1 Å². The Balaban J connectivity index is 1.63. The maximum Gasteiger partial charge on any atom is 0.120 e. The van der Waals surface area contributed by atoms with Gasteiger partial charge in [0.15, 0.2) is 0 Å². The second-order valence-electron chi connectivity index (χ2n) is 4.64. The Morgan fingerprint density at radius 2 is 2.24 bits per heavy atom. The molecule has 0 spiro atoms. The monoisotopic (exact) mass is 302 g/mol. The summed E-state index contributed by atoms with van der Waals surface area (Å²) < 4.78 is 5.47. The number of hydrogen-bond donors (Lipinski definition) is 2. The Kier molecular flexibility index (Phi) is 6.22. The first-order valence-electron chi connectivity index (χ1n) is 6.82. The number of thiophene rings is 1. The molecule has 2 aromatic rings. The second-order valence-corrected chi connectivity index (χ2v) is 5.67. The molecule has 1 atom stereocenters. The van der Waals surface area contributed by atoms with Gasteiger partial charge in [-0.1, -0.05) is 12.1 Å². The summed E-state index contributed by atoms with van der Waals surface area (Å²) >= 11 is 1.74. The number of rotatable bonds is 8. The van der Waals surface area contributed by atoms with E-state index in [2.05, 4.69) is 22.8 Å². The van der Waals surface area contributed by atoms with Gasteiger partial charge in [0.25, 0.3) is 0 Å². The molecule has 0 radical (unpaired) electrons. The summed E-state index contributed by atoms with van der Waals surface area (Å²) in [6, 6.07) is 13.1. The summed E-state index contributed by atoms with van der Waals surface area (Å²) in [6.07, 6.45) is 0.397. The van der Waals surface area contributed by atoms with Crippen molar-refractivity contribution in [2.45, 2.75) is 12.5 Å². The summed E-state index contributed by atoms with van der Waals surface area (Å²) in [4.78, 5) is 1.33. The Morgan fingerprint density at radius 3 is 3.00 bits per heavy atom. The smallest absolute Gasteiger partial charge is 0.120 e. The van der Waals surface area contributed by atoms with E-state index in [4.69, 9.17) is 10.00 Å². The predicted molar refractivity (Wildman–Crippen MR) is 83.6 cm³/mol. The fourth-order valence-electron chi connectivity index (χ4n) is 1.84. The number of nitriles is 1. The Bertz CT molecular complexity index is 578. The fraction of sp³-hybridized carbons (Fsp3) is 0.312. The van der Waals surface area contributed by atoms with Gasteiger partial charge in [0, 0.05) is 18.0 Å². The van der Waals surface area contributed by atoms with Gasteiger partial charge < -0.3 is 15.2 Å². The van der Waals surface area contributed by atoms with Crippen molar-refractivity contribution in [3.8, 4) is 11.8 Å². The maximum atomic E-state index is 9.84. The summed E-state index contributed by atoms with van der Waals surface area (Å²) in [6.45, 7) is 1.53. The molecule has 2 rings (SSSR count). The highest BCUT2D eigenvalue weighted by Gasteiger charge is 2.05. The van der Waals surface area contributed by atoms with Crippen molar-refractivity contribution in [2.24, 2.45) is 0 Å². The third-order valence-corrected chi connectivity index (χ3v) is 3.85. The van der Waals surface area contributed by atoms with Gasteiger partial charge in [0.2, 0.25) is 0 Å². The normalized spacial score (nSPS) is 11.8. The van der Waals surface area contributed by atoms with E-state index in [1.807, 2.05) is 6.07 Å². The molecule has 0 saturated heterocycles. The summed E-state index contributed by atoms with van der Waals surface area (Å²) in [5.74, 6) is 0.603. The SMILES string of the molecule is N#Cc1cccc(OCC(O)CNCCc2cccs2)c1. The van der Waals surface area contributed by atoms with E-state index in [-0.39, 0.29) is 6.61 Å². The highest BCUT2D eigenvalue weighted by Crippen LogP contribution is 2.12. The lowest BCUT2D eigenvalue weighted by atomic mass is 10.2. The van der Waals surface area contributed by atoms with Crippen LogP contribution in [0.3, 0.4) is 0 Å². The van der Waals surface area contributed by atoms with E-state index in [0.717, 1.165) is 13.0 Å². The largest absolute Gasteiger partial charge is 0.491 e. The molecule has 0 aliphatic heterocycles. The number of aliphatic hydroxyl groups is 1. The Hall–Kier alpha value is -1.87. The van der Waals surface area contributed by atoms with Crippen LogP contribution in [0.15, 0.2) is 41.8 Å². The highest BCUT2D eigenvalue weighted by atomic mass is 32.1. The molecule has 0 aliphatic rings. The molecule has 0 fully saturated rings. The molecule has 1 aromatic carbocycles. The molecule has 0 aliphatic carbocycles. The van der Waals surface area contributed by atoms with Gasteiger partial charge >= 0.3 is 0 Å². The van der Waals surface area contributed by atoms with Crippen LogP contribution in [-0.2, 0) is 6.42 Å². The van der Waals surface area contributed by atoms with Crippen LogP contribution in [0.1, 0.15) is 10.4 Å². The average Bonchev–Trinajstić information content (AvgIpc) is 3.03. The highest BCUT2D eigenvalue weighted by molar-refractivity contribution is 7.09. The molecule has 0 amide bonds. The van der Waals surface area contributed by atoms with Crippen molar-refractivity contribution in [2.75, 3.05) is 19.7 Å². The van der Waals surface area contributed by atoms with E-state index < -0.39 is 6.10 Å². The van der Waals surface area contributed by atoms with Crippen LogP contribution in [0.25, 0.3) is 0 Å². The van der Waals surface area contributed by atoms with Gasteiger partial charge in [-0.25, -0.2) is 0 Å². The molecule has 0 saturated carbocycles. The number of aliphatic hydroxyl groups excluding tert-OH is 1. The number of nitrogens with zero attached hydrogens (tertiary/aromatic N) is 1. The molecule has 1 heterocycles. The quantitative estimate of drug-likeness (QED) is 0.734. The zero-order chi connectivity index (χ0) is 14.9. The van der Waals surface area contributed by atoms with Crippen molar-refractivity contribution < 1.29 is 9.84 Å². The van der Waals surface area contributed by atoms with E-state index in [1.165, 1.54) is 4.88 Å². The van der Waals surface area contributed by atoms with Crippen LogP contribution in [0.4, 0.5) is 0 Å². The lowest BCUT2D eigenvalue weighted by Crippen LogP contribution is -2.32. The molecule has 2 N–H and O–H groups in total. The van der Waals surface area contributed by atoms with Crippen molar-refractivity contribution in [1.29, 1.82) is 5.26 Å². The lowest BCUT2D eigenvalue weighted by Gasteiger charge is -2.13. The van der Waals surface area contributed by atoms with Gasteiger partial charge in [-0.2, -0.15) is 5.26 Å². The minimum Gasteiger partial charge on any atom is -0.491 e. The molecule has 5 heteroatoms. The number of ether oxygens (including phenoxy) is 1. The standard InChI is InChI=1S/C16H18N2O2S/c17-10-13-3-1-4-15(9-13)20-12-14(19)11-18-7-6-16-5-2-8-21-16/h1-5,8-9,14,18-19H,6-7,11-12H2. The average molecular weight is 302 g/mol. The third-order valence-electron chi connectivity index (χ3n) is 2.91. The minimum absolute atomic E-state index is 0.209. The molecule has 0 bridgehead atoms. The van der Waals surface area contributed by atoms with Crippen molar-refractivity contribution in [1.82, 2.24) is 5.32 Å². The van der Waals surface area contributed by atoms with Crippen LogP contribution in [-0.4, -0.2) is 30.9 Å². The van der Waals surface area contributed by atoms with E-state index >= 15 is 0 Å².